The fourth-order valence-electron chi connectivity index (χ4n) is 1.51. The van der Waals surface area contributed by atoms with Crippen molar-refractivity contribution in [3.05, 3.63) is 22.2 Å². The van der Waals surface area contributed by atoms with Crippen LogP contribution in [0.1, 0.15) is 19.4 Å². The summed E-state index contributed by atoms with van der Waals surface area (Å²) < 4.78 is 17.1. The Kier molecular flexibility index (Phi) is 6.64. The number of nitrogens with zero attached hydrogens (tertiary/aromatic N) is 1. The van der Waals surface area contributed by atoms with Crippen LogP contribution in [-0.2, 0) is 9.47 Å². The van der Waals surface area contributed by atoms with Crippen LogP contribution in [0.3, 0.4) is 0 Å². The molecule has 0 bridgehead atoms. The van der Waals surface area contributed by atoms with Gasteiger partial charge in [0.25, 0.3) is 0 Å². The Labute approximate surface area is 121 Å². The quantitative estimate of drug-likeness (QED) is 0.615. The summed E-state index contributed by atoms with van der Waals surface area (Å²) in [5.41, 5.74) is 6.45. The van der Waals surface area contributed by atoms with Gasteiger partial charge in [-0.25, -0.2) is 0 Å². The second kappa shape index (κ2) is 8.00. The highest BCUT2D eigenvalue weighted by Gasteiger charge is 2.13. The summed E-state index contributed by atoms with van der Waals surface area (Å²) >= 11 is 3.31. The lowest BCUT2D eigenvalue weighted by Crippen LogP contribution is -2.25. The average molecular weight is 329 g/mol. The van der Waals surface area contributed by atoms with Gasteiger partial charge in [-0.2, -0.15) is 5.26 Å². The number of benzene rings is 1. The SMILES string of the molecule is CCOC(COc1cc(Br)cc(N)c1C#N)OCC. The molecular formula is C13H17BrN2O3. The number of rotatable bonds is 7. The lowest BCUT2D eigenvalue weighted by molar-refractivity contribution is -0.152. The molecule has 0 aliphatic heterocycles. The Bertz CT molecular complexity index is 454. The zero-order chi connectivity index (χ0) is 14.3. The maximum absolute atomic E-state index is 9.07. The van der Waals surface area contributed by atoms with E-state index in [0.717, 1.165) is 4.47 Å². The minimum atomic E-state index is -0.457. The molecule has 0 fully saturated rings. The molecule has 1 aromatic rings. The molecule has 0 saturated carbocycles. The summed E-state index contributed by atoms with van der Waals surface area (Å²) in [5.74, 6) is 0.416. The lowest BCUT2D eigenvalue weighted by atomic mass is 10.2. The van der Waals surface area contributed by atoms with Crippen LogP contribution in [0.4, 0.5) is 5.69 Å². The van der Waals surface area contributed by atoms with Crippen molar-refractivity contribution in [3.8, 4) is 11.8 Å². The number of anilines is 1. The van der Waals surface area contributed by atoms with Crippen LogP contribution in [0.5, 0.6) is 5.75 Å². The van der Waals surface area contributed by atoms with Gasteiger partial charge < -0.3 is 19.9 Å². The van der Waals surface area contributed by atoms with Crippen molar-refractivity contribution in [2.24, 2.45) is 0 Å². The highest BCUT2D eigenvalue weighted by Crippen LogP contribution is 2.29. The van der Waals surface area contributed by atoms with Gasteiger partial charge in [-0.1, -0.05) is 15.9 Å². The van der Waals surface area contributed by atoms with Crippen molar-refractivity contribution in [1.29, 1.82) is 5.26 Å². The minimum absolute atomic E-state index is 0.201. The third-order valence-electron chi connectivity index (χ3n) is 2.29. The van der Waals surface area contributed by atoms with Gasteiger partial charge in [-0.3, -0.25) is 0 Å². The molecule has 0 heterocycles. The molecule has 0 saturated heterocycles. The number of hydrogen-bond donors (Lipinski definition) is 1. The molecule has 2 N–H and O–H groups in total. The molecule has 1 aromatic carbocycles. The highest BCUT2D eigenvalue weighted by atomic mass is 79.9. The summed E-state index contributed by atoms with van der Waals surface area (Å²) in [7, 11) is 0. The maximum Gasteiger partial charge on any atom is 0.191 e. The van der Waals surface area contributed by atoms with E-state index in [1.54, 1.807) is 12.1 Å². The van der Waals surface area contributed by atoms with E-state index >= 15 is 0 Å². The van der Waals surface area contributed by atoms with E-state index in [2.05, 4.69) is 15.9 Å². The zero-order valence-corrected chi connectivity index (χ0v) is 12.6. The van der Waals surface area contributed by atoms with Crippen LogP contribution < -0.4 is 10.5 Å². The van der Waals surface area contributed by atoms with Gasteiger partial charge in [-0.15, -0.1) is 0 Å². The Hall–Kier alpha value is -1.29. The molecule has 0 aromatic heterocycles. The van der Waals surface area contributed by atoms with Gasteiger partial charge >= 0.3 is 0 Å². The lowest BCUT2D eigenvalue weighted by Gasteiger charge is -2.18. The maximum atomic E-state index is 9.07. The molecule has 0 unspecified atom stereocenters. The number of hydrogen-bond acceptors (Lipinski definition) is 5. The number of nitrogens with two attached hydrogens (primary N) is 1. The van der Waals surface area contributed by atoms with Crippen LogP contribution in [0.15, 0.2) is 16.6 Å². The van der Waals surface area contributed by atoms with E-state index in [1.807, 2.05) is 19.9 Å². The van der Waals surface area contributed by atoms with Gasteiger partial charge in [0.1, 0.15) is 24.0 Å². The molecule has 0 radical (unpaired) electrons. The molecule has 104 valence electrons. The fraction of sp³-hybridized carbons (Fsp3) is 0.462. The van der Waals surface area contributed by atoms with Crippen molar-refractivity contribution in [2.75, 3.05) is 25.6 Å². The Morgan fingerprint density at radius 3 is 2.47 bits per heavy atom. The average Bonchev–Trinajstić information content (AvgIpc) is 2.36. The zero-order valence-electron chi connectivity index (χ0n) is 11.0. The van der Waals surface area contributed by atoms with E-state index in [-0.39, 0.29) is 6.61 Å². The third kappa shape index (κ3) is 4.71. The number of nitriles is 1. The number of ether oxygens (including phenoxy) is 3. The Morgan fingerprint density at radius 1 is 1.32 bits per heavy atom. The molecule has 6 heteroatoms. The summed E-state index contributed by atoms with van der Waals surface area (Å²) in [6.07, 6.45) is -0.457. The van der Waals surface area contributed by atoms with Crippen molar-refractivity contribution in [3.63, 3.8) is 0 Å². The topological polar surface area (TPSA) is 77.5 Å². The van der Waals surface area contributed by atoms with Crippen molar-refractivity contribution < 1.29 is 14.2 Å². The summed E-state index contributed by atoms with van der Waals surface area (Å²) in [4.78, 5) is 0. The first-order chi connectivity index (χ1) is 9.12. The van der Waals surface area contributed by atoms with Gasteiger partial charge in [-0.05, 0) is 26.0 Å². The predicted molar refractivity (Wildman–Crippen MR) is 75.8 cm³/mol. The van der Waals surface area contributed by atoms with Crippen molar-refractivity contribution in [1.82, 2.24) is 0 Å². The van der Waals surface area contributed by atoms with E-state index < -0.39 is 6.29 Å². The fourth-order valence-corrected chi connectivity index (χ4v) is 1.96. The second-order valence-electron chi connectivity index (χ2n) is 3.63. The van der Waals surface area contributed by atoms with Crippen LogP contribution in [-0.4, -0.2) is 26.1 Å². The van der Waals surface area contributed by atoms with E-state index in [0.29, 0.717) is 30.2 Å². The van der Waals surface area contributed by atoms with E-state index in [1.165, 1.54) is 0 Å². The normalized spacial score (nSPS) is 10.5. The second-order valence-corrected chi connectivity index (χ2v) is 4.55. The highest BCUT2D eigenvalue weighted by molar-refractivity contribution is 9.10. The molecule has 0 aliphatic rings. The van der Waals surface area contributed by atoms with Gasteiger partial charge in [0.15, 0.2) is 6.29 Å². The first kappa shape index (κ1) is 15.8. The summed E-state index contributed by atoms with van der Waals surface area (Å²) in [6, 6.07) is 5.39. The first-order valence-corrected chi connectivity index (χ1v) is 6.76. The molecular weight excluding hydrogens is 312 g/mol. The number of halogens is 1. The molecule has 1 rings (SSSR count). The van der Waals surface area contributed by atoms with Gasteiger partial charge in [0.05, 0.1) is 5.69 Å². The molecule has 19 heavy (non-hydrogen) atoms. The molecule has 0 atom stereocenters. The Balaban J connectivity index is 2.79. The van der Waals surface area contributed by atoms with Gasteiger partial charge in [0, 0.05) is 17.7 Å². The van der Waals surface area contributed by atoms with Crippen LogP contribution in [0, 0.1) is 11.3 Å². The summed E-state index contributed by atoms with van der Waals surface area (Å²) in [6.45, 7) is 5.01. The van der Waals surface area contributed by atoms with Crippen molar-refractivity contribution in [2.45, 2.75) is 20.1 Å². The van der Waals surface area contributed by atoms with E-state index in [4.69, 9.17) is 25.2 Å². The Morgan fingerprint density at radius 2 is 1.95 bits per heavy atom. The summed E-state index contributed by atoms with van der Waals surface area (Å²) in [5, 5.41) is 9.07. The molecule has 0 spiro atoms. The first-order valence-electron chi connectivity index (χ1n) is 5.97. The van der Waals surface area contributed by atoms with Gasteiger partial charge in [0.2, 0.25) is 0 Å². The van der Waals surface area contributed by atoms with Crippen LogP contribution in [0.2, 0.25) is 0 Å². The monoisotopic (exact) mass is 328 g/mol. The molecule has 0 aliphatic carbocycles. The van der Waals surface area contributed by atoms with Crippen LogP contribution >= 0.6 is 15.9 Å². The predicted octanol–water partition coefficient (Wildman–Crippen LogP) is 2.68. The molecule has 0 amide bonds. The van der Waals surface area contributed by atoms with E-state index in [9.17, 15) is 0 Å². The minimum Gasteiger partial charge on any atom is -0.487 e. The van der Waals surface area contributed by atoms with Crippen LogP contribution in [0.25, 0.3) is 0 Å². The standard InChI is InChI=1S/C13H17BrN2O3/c1-3-17-13(18-4-2)8-19-12-6-9(14)5-11(16)10(12)7-15/h5-6,13H,3-4,8,16H2,1-2H3. The third-order valence-corrected chi connectivity index (χ3v) is 2.75. The largest absolute Gasteiger partial charge is 0.487 e. The molecule has 5 nitrogen and oxygen atoms in total. The smallest absolute Gasteiger partial charge is 0.191 e. The van der Waals surface area contributed by atoms with Crippen molar-refractivity contribution >= 4 is 21.6 Å². The number of nitrogen functional groups attached to an aromatic ring is 1.